The molecule has 1 aromatic carbocycles. The van der Waals surface area contributed by atoms with Gasteiger partial charge in [0.05, 0.1) is 39.2 Å². The minimum atomic E-state index is -1.17. The lowest BCUT2D eigenvalue weighted by Crippen LogP contribution is -2.49. The molecule has 3 unspecified atom stereocenters. The van der Waals surface area contributed by atoms with E-state index in [2.05, 4.69) is 28.4 Å². The second kappa shape index (κ2) is 8.51. The number of hydrogen-bond donors (Lipinski definition) is 2. The number of aromatic nitrogens is 1. The van der Waals surface area contributed by atoms with Gasteiger partial charge in [-0.2, -0.15) is 5.26 Å². The molecule has 3 atom stereocenters. The van der Waals surface area contributed by atoms with Crippen LogP contribution in [0.5, 0.6) is 0 Å². The van der Waals surface area contributed by atoms with Crippen LogP contribution in [0.4, 0.5) is 11.5 Å². The topological polar surface area (TPSA) is 89.2 Å². The largest absolute Gasteiger partial charge is 0.394 e. The fourth-order valence-electron chi connectivity index (χ4n) is 6.58. The Morgan fingerprint density at radius 3 is 2.53 bits per heavy atom. The summed E-state index contributed by atoms with van der Waals surface area (Å²) in [5.41, 5.74) is 2.91. The average molecular weight is 497 g/mol. The smallest absolute Gasteiger partial charge is 0.149 e. The molecule has 2 N–H and O–H groups in total. The summed E-state index contributed by atoms with van der Waals surface area (Å²) >= 11 is 6.13. The van der Waals surface area contributed by atoms with Crippen LogP contribution < -0.4 is 10.2 Å². The van der Waals surface area contributed by atoms with Crippen molar-refractivity contribution in [1.82, 2.24) is 4.98 Å². The van der Waals surface area contributed by atoms with E-state index in [1.165, 1.54) is 18.4 Å². The third-order valence-corrected chi connectivity index (χ3v) is 10.2. The van der Waals surface area contributed by atoms with Crippen LogP contribution in [-0.4, -0.2) is 45.3 Å². The lowest BCUT2D eigenvalue weighted by molar-refractivity contribution is 0.144. The normalized spacial score (nSPS) is 28.8. The van der Waals surface area contributed by atoms with Gasteiger partial charge in [0, 0.05) is 30.3 Å². The van der Waals surface area contributed by atoms with E-state index in [-0.39, 0.29) is 6.61 Å². The number of nitrogens with one attached hydrogen (secondary N) is 1. The van der Waals surface area contributed by atoms with Gasteiger partial charge in [0.25, 0.3) is 0 Å². The Bertz CT molecular complexity index is 1170. The van der Waals surface area contributed by atoms with Gasteiger partial charge in [0.15, 0.2) is 0 Å². The molecule has 3 heterocycles. The summed E-state index contributed by atoms with van der Waals surface area (Å²) < 4.78 is 12.9. The van der Waals surface area contributed by atoms with Crippen LogP contribution >= 0.6 is 11.6 Å². The minimum Gasteiger partial charge on any atom is -0.394 e. The summed E-state index contributed by atoms with van der Waals surface area (Å²) in [5, 5.41) is 24.6. The molecule has 0 amide bonds. The number of aryl methyl sites for hydroxylation is 1. The van der Waals surface area contributed by atoms with Crippen LogP contribution in [0.15, 0.2) is 29.2 Å². The number of rotatable bonds is 5. The van der Waals surface area contributed by atoms with Gasteiger partial charge in [0.2, 0.25) is 0 Å². The van der Waals surface area contributed by atoms with Gasteiger partial charge < -0.3 is 15.3 Å². The Morgan fingerprint density at radius 2 is 1.94 bits per heavy atom. The number of halogens is 1. The number of nitrogens with zero attached hydrogens (tertiary/aromatic N) is 3. The molecule has 1 saturated heterocycles. The first kappa shape index (κ1) is 22.3. The van der Waals surface area contributed by atoms with Gasteiger partial charge in [-0.25, -0.2) is 4.98 Å². The highest BCUT2D eigenvalue weighted by atomic mass is 35.5. The van der Waals surface area contributed by atoms with Crippen molar-refractivity contribution < 1.29 is 9.32 Å². The second-order valence-corrected chi connectivity index (χ2v) is 12.3. The third kappa shape index (κ3) is 3.54. The maximum absolute atomic E-state index is 12.9. The van der Waals surface area contributed by atoms with Crippen molar-refractivity contribution in [2.75, 3.05) is 35.7 Å². The zero-order valence-corrected chi connectivity index (χ0v) is 20.7. The highest BCUT2D eigenvalue weighted by Gasteiger charge is 2.45. The van der Waals surface area contributed by atoms with Crippen LogP contribution in [0, 0.1) is 23.2 Å². The fourth-order valence-corrected chi connectivity index (χ4v) is 8.08. The van der Waals surface area contributed by atoms with Crippen LogP contribution in [0.1, 0.15) is 54.8 Å². The van der Waals surface area contributed by atoms with E-state index in [0.717, 1.165) is 48.9 Å². The van der Waals surface area contributed by atoms with Gasteiger partial charge >= 0.3 is 0 Å². The van der Waals surface area contributed by atoms with Crippen LogP contribution in [0.25, 0.3) is 0 Å². The Kier molecular flexibility index (Phi) is 5.59. The molecule has 6 rings (SSSR count). The molecular weight excluding hydrogens is 468 g/mol. The van der Waals surface area contributed by atoms with E-state index >= 15 is 0 Å². The van der Waals surface area contributed by atoms with E-state index in [1.54, 1.807) is 0 Å². The lowest BCUT2D eigenvalue weighted by atomic mass is 9.77. The number of nitriles is 1. The molecule has 1 aromatic heterocycles. The highest BCUT2D eigenvalue weighted by molar-refractivity contribution is 7.85. The van der Waals surface area contributed by atoms with Crippen LogP contribution in [0.2, 0.25) is 5.02 Å². The predicted octanol–water partition coefficient (Wildman–Crippen LogP) is 4.23. The Balaban J connectivity index is 1.37. The number of anilines is 2. The van der Waals surface area contributed by atoms with Crippen molar-refractivity contribution in [3.05, 3.63) is 46.1 Å². The third-order valence-electron chi connectivity index (χ3n) is 8.46. The fraction of sp³-hybridized carbons (Fsp3) is 0.538. The number of aliphatic hydroxyl groups excluding tert-OH is 1. The van der Waals surface area contributed by atoms with E-state index in [1.807, 2.05) is 12.1 Å². The molecule has 2 saturated carbocycles. The first-order valence-electron chi connectivity index (χ1n) is 12.3. The number of piperidine rings is 1. The molecule has 0 radical (unpaired) electrons. The first-order chi connectivity index (χ1) is 16.5. The summed E-state index contributed by atoms with van der Waals surface area (Å²) in [6, 6.07) is 10.7. The molecule has 2 aromatic rings. The highest BCUT2D eigenvalue weighted by Crippen LogP contribution is 2.50. The Morgan fingerprint density at radius 1 is 1.24 bits per heavy atom. The molecule has 2 bridgehead atoms. The summed E-state index contributed by atoms with van der Waals surface area (Å²) in [5.74, 6) is 2.78. The number of benzene rings is 1. The molecule has 6 nitrogen and oxygen atoms in total. The average Bonchev–Trinajstić information content (AvgIpc) is 3.32. The Labute approximate surface area is 207 Å². The second-order valence-electron chi connectivity index (χ2n) is 10.4. The Hall–Kier alpha value is -2.14. The monoisotopic (exact) mass is 496 g/mol. The van der Waals surface area contributed by atoms with Crippen LogP contribution in [-0.2, 0) is 17.2 Å². The molecule has 0 spiro atoms. The zero-order chi connectivity index (χ0) is 23.4. The summed E-state index contributed by atoms with van der Waals surface area (Å²) in [4.78, 5) is 7.93. The minimum absolute atomic E-state index is 0.00751. The molecule has 4 aliphatic rings. The van der Waals surface area contributed by atoms with Gasteiger partial charge in [-0.15, -0.1) is 0 Å². The molecular formula is C26H29ClN4O2S. The number of aliphatic hydroxyl groups is 1. The molecule has 2 aliphatic heterocycles. The van der Waals surface area contributed by atoms with E-state index < -0.39 is 16.3 Å². The van der Waals surface area contributed by atoms with Gasteiger partial charge in [-0.3, -0.25) is 4.21 Å². The summed E-state index contributed by atoms with van der Waals surface area (Å²) in [7, 11) is -1.17. The lowest BCUT2D eigenvalue weighted by Gasteiger charge is -2.43. The maximum atomic E-state index is 12.9. The van der Waals surface area contributed by atoms with Crippen molar-refractivity contribution in [1.29, 1.82) is 5.26 Å². The molecule has 178 valence electrons. The molecule has 3 fully saturated rings. The standard InChI is InChI=1S/C26H29ClN4O2S/c27-19-6-4-16(5-7-19)22-17-2-3-18(22)14-31(13-17)25-20(12-28)23(30-26(15-32)9-1-10-26)24-21(29-25)8-11-34(24)33/h4-7,17-18,22,32H,1-3,8-11,13-15H2,(H,29,30). The van der Waals surface area contributed by atoms with Gasteiger partial charge in [-0.1, -0.05) is 23.7 Å². The first-order valence-corrected chi connectivity index (χ1v) is 14.0. The number of fused-ring (bicyclic) bond motifs is 3. The number of pyridine rings is 1. The van der Waals surface area contributed by atoms with Crippen molar-refractivity contribution in [2.24, 2.45) is 11.8 Å². The van der Waals surface area contributed by atoms with Crippen molar-refractivity contribution in [2.45, 2.75) is 54.9 Å². The van der Waals surface area contributed by atoms with E-state index in [9.17, 15) is 14.6 Å². The summed E-state index contributed by atoms with van der Waals surface area (Å²) in [6.07, 6.45) is 5.75. The van der Waals surface area contributed by atoms with Crippen LogP contribution in [0.3, 0.4) is 0 Å². The van der Waals surface area contributed by atoms with Crippen molar-refractivity contribution >= 4 is 33.9 Å². The van der Waals surface area contributed by atoms with Crippen molar-refractivity contribution in [3.63, 3.8) is 0 Å². The molecule has 2 aliphatic carbocycles. The summed E-state index contributed by atoms with van der Waals surface area (Å²) in [6.45, 7) is 1.73. The van der Waals surface area contributed by atoms with E-state index in [0.29, 0.717) is 46.1 Å². The van der Waals surface area contributed by atoms with Gasteiger partial charge in [-0.05, 0) is 67.6 Å². The van der Waals surface area contributed by atoms with Crippen molar-refractivity contribution in [3.8, 4) is 6.07 Å². The zero-order valence-electron chi connectivity index (χ0n) is 19.1. The maximum Gasteiger partial charge on any atom is 0.149 e. The number of hydrogen-bond acceptors (Lipinski definition) is 6. The quantitative estimate of drug-likeness (QED) is 0.644. The van der Waals surface area contributed by atoms with Gasteiger partial charge in [0.1, 0.15) is 17.5 Å². The molecule has 8 heteroatoms. The SMILES string of the molecule is N#Cc1c(N2CC3CCC(C2)C3c2ccc(Cl)cc2)nc2c(c1NC1(CO)CCC1)S(=O)CC2. The molecule has 34 heavy (non-hydrogen) atoms. The predicted molar refractivity (Wildman–Crippen MR) is 134 cm³/mol. The van der Waals surface area contributed by atoms with E-state index in [4.69, 9.17) is 16.6 Å².